The second kappa shape index (κ2) is 12.3. The van der Waals surface area contributed by atoms with Gasteiger partial charge in [-0.05, 0) is 62.7 Å². The minimum absolute atomic E-state index is 0.185. The van der Waals surface area contributed by atoms with E-state index in [1.54, 1.807) is 48.9 Å². The number of carbonyl (C=O) groups excluding carboxylic acids is 2. The predicted octanol–water partition coefficient (Wildman–Crippen LogP) is 5.81. The number of nitrogens with zero attached hydrogens (tertiary/aromatic N) is 2. The van der Waals surface area contributed by atoms with Gasteiger partial charge in [0.05, 0.1) is 17.6 Å². The summed E-state index contributed by atoms with van der Waals surface area (Å²) < 4.78 is 24.7. The number of aromatic nitrogens is 2. The van der Waals surface area contributed by atoms with Crippen LogP contribution in [0.5, 0.6) is 23.0 Å². The smallest absolute Gasteiger partial charge is 0.262 e. The molecule has 0 saturated heterocycles. The van der Waals surface area contributed by atoms with Crippen molar-refractivity contribution < 1.29 is 28.5 Å². The number of fused-ring (bicyclic) bond motifs is 2. The van der Waals surface area contributed by atoms with Crippen molar-refractivity contribution in [1.29, 1.82) is 0 Å². The van der Waals surface area contributed by atoms with Crippen LogP contribution in [0.2, 0.25) is 5.15 Å². The Balaban J connectivity index is 1.14. The fourth-order valence-electron chi connectivity index (χ4n) is 5.68. The Morgan fingerprint density at radius 3 is 2.40 bits per heavy atom. The summed E-state index contributed by atoms with van der Waals surface area (Å²) in [6, 6.07) is 16.6. The van der Waals surface area contributed by atoms with E-state index < -0.39 is 11.2 Å². The lowest BCUT2D eigenvalue weighted by atomic mass is 9.90. The maximum atomic E-state index is 12.6. The summed E-state index contributed by atoms with van der Waals surface area (Å²) in [6.07, 6.45) is 6.67. The molecule has 2 aromatic heterocycles. The third kappa shape index (κ3) is 7.12. The normalized spacial score (nSPS) is 17.3. The second-order valence-electron chi connectivity index (χ2n) is 12.0. The SMILES string of the molecule is CC1(C)Cc2cc(CC3(C)Cc4cccc(OCC(=O)Nc5cccnc5Cl)c4O3)cc(OCC(=O)Nc3cccnc3)c2O1. The minimum Gasteiger partial charge on any atom is -0.483 e. The molecule has 0 bridgehead atoms. The number of halogens is 1. The first-order valence-electron chi connectivity index (χ1n) is 14.6. The maximum absolute atomic E-state index is 12.6. The van der Waals surface area contributed by atoms with Gasteiger partial charge < -0.3 is 29.6 Å². The Labute approximate surface area is 266 Å². The molecule has 0 fully saturated rings. The minimum atomic E-state index is -0.592. The van der Waals surface area contributed by atoms with Gasteiger partial charge in [0.25, 0.3) is 11.8 Å². The van der Waals surface area contributed by atoms with Gasteiger partial charge in [0, 0.05) is 42.8 Å². The highest BCUT2D eigenvalue weighted by molar-refractivity contribution is 6.32. The topological polar surface area (TPSA) is 121 Å². The van der Waals surface area contributed by atoms with Gasteiger partial charge in [0.1, 0.15) is 11.2 Å². The van der Waals surface area contributed by atoms with Gasteiger partial charge in [-0.25, -0.2) is 4.98 Å². The second-order valence-corrected chi connectivity index (χ2v) is 12.4. The molecule has 1 atom stereocenters. The highest BCUT2D eigenvalue weighted by atomic mass is 35.5. The Hall–Kier alpha value is -4.83. The molecule has 2 N–H and O–H groups in total. The van der Waals surface area contributed by atoms with Gasteiger partial charge in [-0.3, -0.25) is 14.6 Å². The Morgan fingerprint density at radius 1 is 0.867 bits per heavy atom. The average molecular weight is 629 g/mol. The summed E-state index contributed by atoms with van der Waals surface area (Å²) in [5, 5.41) is 5.70. The van der Waals surface area contributed by atoms with Crippen LogP contribution in [0, 0.1) is 0 Å². The molecule has 45 heavy (non-hydrogen) atoms. The summed E-state index contributed by atoms with van der Waals surface area (Å²) in [7, 11) is 0. The van der Waals surface area contributed by atoms with E-state index in [-0.39, 0.29) is 30.2 Å². The van der Waals surface area contributed by atoms with E-state index in [2.05, 4.69) is 26.7 Å². The van der Waals surface area contributed by atoms with Crippen molar-refractivity contribution in [2.75, 3.05) is 23.8 Å². The molecule has 4 aromatic rings. The third-order valence-electron chi connectivity index (χ3n) is 7.43. The molecule has 4 heterocycles. The van der Waals surface area contributed by atoms with E-state index >= 15 is 0 Å². The van der Waals surface area contributed by atoms with Crippen LogP contribution in [0.15, 0.2) is 73.2 Å². The number of pyridine rings is 2. The fraction of sp³-hybridized carbons (Fsp3) is 0.294. The number of rotatable bonds is 10. The lowest BCUT2D eigenvalue weighted by Gasteiger charge is -2.25. The number of ether oxygens (including phenoxy) is 4. The van der Waals surface area contributed by atoms with Gasteiger partial charge in [0.15, 0.2) is 41.4 Å². The molecular formula is C34H33ClN4O6. The van der Waals surface area contributed by atoms with Gasteiger partial charge in [0.2, 0.25) is 0 Å². The first kappa shape index (κ1) is 30.2. The molecule has 10 nitrogen and oxygen atoms in total. The summed E-state index contributed by atoms with van der Waals surface area (Å²) >= 11 is 6.05. The van der Waals surface area contributed by atoms with Crippen LogP contribution in [0.25, 0.3) is 0 Å². The number of benzene rings is 2. The zero-order valence-electron chi connectivity index (χ0n) is 25.2. The maximum Gasteiger partial charge on any atom is 0.262 e. The predicted molar refractivity (Wildman–Crippen MR) is 169 cm³/mol. The largest absolute Gasteiger partial charge is 0.483 e. The van der Waals surface area contributed by atoms with Crippen LogP contribution in [0.4, 0.5) is 11.4 Å². The van der Waals surface area contributed by atoms with Gasteiger partial charge in [-0.2, -0.15) is 0 Å². The molecule has 0 saturated carbocycles. The summed E-state index contributed by atoms with van der Waals surface area (Å²) in [5.74, 6) is 1.59. The third-order valence-corrected chi connectivity index (χ3v) is 7.73. The summed E-state index contributed by atoms with van der Waals surface area (Å²) in [4.78, 5) is 33.2. The molecule has 232 valence electrons. The summed E-state index contributed by atoms with van der Waals surface area (Å²) in [6.45, 7) is 5.68. The Kier molecular flexibility index (Phi) is 8.24. The molecule has 6 rings (SSSR count). The van der Waals surface area contributed by atoms with E-state index in [0.29, 0.717) is 53.6 Å². The van der Waals surface area contributed by atoms with Crippen molar-refractivity contribution in [3.63, 3.8) is 0 Å². The molecule has 1 unspecified atom stereocenters. The number of hydrogen-bond donors (Lipinski definition) is 2. The highest BCUT2D eigenvalue weighted by Gasteiger charge is 2.39. The lowest BCUT2D eigenvalue weighted by Crippen LogP contribution is -2.33. The number of nitrogens with one attached hydrogen (secondary N) is 2. The van der Waals surface area contributed by atoms with Gasteiger partial charge >= 0.3 is 0 Å². The molecule has 11 heteroatoms. The van der Waals surface area contributed by atoms with Crippen molar-refractivity contribution in [2.45, 2.75) is 51.2 Å². The number of anilines is 2. The van der Waals surface area contributed by atoms with Crippen molar-refractivity contribution in [3.8, 4) is 23.0 Å². The van der Waals surface area contributed by atoms with E-state index in [9.17, 15) is 9.59 Å². The fourth-order valence-corrected chi connectivity index (χ4v) is 5.85. The van der Waals surface area contributed by atoms with Crippen LogP contribution in [0.1, 0.15) is 37.5 Å². The van der Waals surface area contributed by atoms with Crippen LogP contribution >= 0.6 is 11.6 Å². The van der Waals surface area contributed by atoms with Crippen LogP contribution in [-0.4, -0.2) is 46.2 Å². The van der Waals surface area contributed by atoms with E-state index in [0.717, 1.165) is 16.7 Å². The molecule has 2 aromatic carbocycles. The van der Waals surface area contributed by atoms with Crippen molar-refractivity contribution >= 4 is 34.8 Å². The van der Waals surface area contributed by atoms with Crippen molar-refractivity contribution in [2.24, 2.45) is 0 Å². The van der Waals surface area contributed by atoms with Crippen LogP contribution in [0.3, 0.4) is 0 Å². The van der Waals surface area contributed by atoms with E-state index in [1.165, 1.54) is 0 Å². The van der Waals surface area contributed by atoms with Crippen LogP contribution in [-0.2, 0) is 28.9 Å². The van der Waals surface area contributed by atoms with E-state index in [1.807, 2.05) is 39.0 Å². The standard InChI is InChI=1S/C34H33ClN4O6/c1-33(2)16-23-13-21(14-27(31(23)44-33)43-19-28(40)38-24-8-5-11-36-18-24)15-34(3)17-22-7-4-10-26(30(22)45-34)42-20-29(41)39-25-9-6-12-37-32(25)35/h4-14,18H,15-17,19-20H2,1-3H3,(H,38,40)(H,39,41). The number of amides is 2. The van der Waals surface area contributed by atoms with Crippen molar-refractivity contribution in [1.82, 2.24) is 9.97 Å². The molecule has 0 spiro atoms. The lowest BCUT2D eigenvalue weighted by molar-refractivity contribution is -0.118. The number of hydrogen-bond acceptors (Lipinski definition) is 8. The summed E-state index contributed by atoms with van der Waals surface area (Å²) in [5.41, 5.74) is 3.00. The molecule has 2 aliphatic rings. The van der Waals surface area contributed by atoms with Gasteiger partial charge in [-0.15, -0.1) is 0 Å². The first-order valence-corrected chi connectivity index (χ1v) is 15.0. The Morgan fingerprint density at radius 2 is 1.62 bits per heavy atom. The number of carbonyl (C=O) groups is 2. The van der Waals surface area contributed by atoms with Crippen molar-refractivity contribution in [3.05, 3.63) is 95.0 Å². The monoisotopic (exact) mass is 628 g/mol. The highest BCUT2D eigenvalue weighted by Crippen LogP contribution is 2.46. The average Bonchev–Trinajstić information content (AvgIpc) is 3.50. The zero-order valence-corrected chi connectivity index (χ0v) is 25.9. The quantitative estimate of drug-likeness (QED) is 0.211. The molecule has 0 radical (unpaired) electrons. The molecular weight excluding hydrogens is 596 g/mol. The Bertz CT molecular complexity index is 1750. The number of para-hydroxylation sites is 1. The van der Waals surface area contributed by atoms with E-state index in [4.69, 9.17) is 30.5 Å². The van der Waals surface area contributed by atoms with Gasteiger partial charge in [-0.1, -0.05) is 29.8 Å². The zero-order chi connectivity index (χ0) is 31.6. The first-order chi connectivity index (χ1) is 21.6. The molecule has 2 amide bonds. The van der Waals surface area contributed by atoms with Crippen LogP contribution < -0.4 is 29.6 Å². The molecule has 2 aliphatic heterocycles. The molecule has 0 aliphatic carbocycles.